The lowest BCUT2D eigenvalue weighted by atomic mass is 10.2. The van der Waals surface area contributed by atoms with Crippen molar-refractivity contribution in [3.8, 4) is 0 Å². The molecule has 1 unspecified atom stereocenters. The van der Waals surface area contributed by atoms with Crippen LogP contribution in [-0.2, 0) is 4.79 Å². The Hall–Kier alpha value is -1.79. The van der Waals surface area contributed by atoms with E-state index in [9.17, 15) is 9.59 Å². The molecule has 1 rings (SSSR count). The van der Waals surface area contributed by atoms with E-state index >= 15 is 0 Å². The van der Waals surface area contributed by atoms with E-state index in [2.05, 4.69) is 10.6 Å². The lowest BCUT2D eigenvalue weighted by Crippen LogP contribution is -2.43. The molecule has 0 aliphatic carbocycles. The van der Waals surface area contributed by atoms with Crippen LogP contribution < -0.4 is 10.6 Å². The van der Waals surface area contributed by atoms with Gasteiger partial charge in [-0.25, -0.2) is 9.59 Å². The third-order valence-electron chi connectivity index (χ3n) is 2.54. The Labute approximate surface area is 115 Å². The van der Waals surface area contributed by atoms with Crippen molar-refractivity contribution in [3.63, 3.8) is 0 Å². The van der Waals surface area contributed by atoms with Gasteiger partial charge in [-0.3, -0.25) is 0 Å². The van der Waals surface area contributed by atoms with E-state index in [-0.39, 0.29) is 13.0 Å². The zero-order valence-electron chi connectivity index (χ0n) is 10.3. The van der Waals surface area contributed by atoms with Crippen LogP contribution in [0.5, 0.6) is 0 Å². The van der Waals surface area contributed by atoms with Gasteiger partial charge in [-0.2, -0.15) is 0 Å². The molecule has 1 aromatic carbocycles. The zero-order valence-corrected chi connectivity index (χ0v) is 11.1. The van der Waals surface area contributed by atoms with E-state index in [1.54, 1.807) is 25.1 Å². The third-order valence-corrected chi connectivity index (χ3v) is 2.95. The summed E-state index contributed by atoms with van der Waals surface area (Å²) in [5.74, 6) is -1.20. The Bertz CT molecular complexity index is 479. The molecule has 7 heteroatoms. The molecule has 0 bridgehead atoms. The second-order valence-electron chi connectivity index (χ2n) is 3.91. The normalized spacial score (nSPS) is 11.7. The largest absolute Gasteiger partial charge is 0.480 e. The van der Waals surface area contributed by atoms with Gasteiger partial charge in [-0.05, 0) is 24.6 Å². The van der Waals surface area contributed by atoms with Crippen LogP contribution in [0.3, 0.4) is 0 Å². The molecule has 104 valence electrons. The van der Waals surface area contributed by atoms with Crippen molar-refractivity contribution in [2.75, 3.05) is 11.9 Å². The molecule has 0 aliphatic rings. The number of halogens is 1. The predicted molar refractivity (Wildman–Crippen MR) is 71.5 cm³/mol. The van der Waals surface area contributed by atoms with Crippen LogP contribution in [0.25, 0.3) is 0 Å². The number of carbonyl (C=O) groups is 2. The number of nitrogens with one attached hydrogen (secondary N) is 2. The number of amides is 2. The fourth-order valence-electron chi connectivity index (χ4n) is 1.45. The topological polar surface area (TPSA) is 98.7 Å². The summed E-state index contributed by atoms with van der Waals surface area (Å²) in [6.07, 6.45) is -0.0583. The van der Waals surface area contributed by atoms with Crippen LogP contribution in [0.1, 0.15) is 12.0 Å². The Kier molecular flexibility index (Phi) is 5.59. The van der Waals surface area contributed by atoms with Crippen molar-refractivity contribution in [1.29, 1.82) is 0 Å². The third kappa shape index (κ3) is 4.42. The number of hydrogen-bond donors (Lipinski definition) is 4. The number of rotatable bonds is 5. The van der Waals surface area contributed by atoms with E-state index in [0.717, 1.165) is 0 Å². The van der Waals surface area contributed by atoms with Gasteiger partial charge in [-0.15, -0.1) is 0 Å². The van der Waals surface area contributed by atoms with Crippen molar-refractivity contribution < 1.29 is 19.8 Å². The first kappa shape index (κ1) is 15.3. The van der Waals surface area contributed by atoms with Crippen molar-refractivity contribution >= 4 is 29.3 Å². The molecule has 1 atom stereocenters. The average Bonchev–Trinajstić information content (AvgIpc) is 2.34. The molecule has 0 fully saturated rings. The SMILES string of the molecule is Cc1c(Cl)cccc1NC(=O)NC(CCO)C(=O)O. The number of aliphatic carboxylic acids is 1. The summed E-state index contributed by atoms with van der Waals surface area (Å²) in [5.41, 5.74) is 1.19. The number of carbonyl (C=O) groups excluding carboxylic acids is 1. The lowest BCUT2D eigenvalue weighted by molar-refractivity contribution is -0.139. The molecular weight excluding hydrogens is 272 g/mol. The van der Waals surface area contributed by atoms with Crippen LogP contribution in [0.15, 0.2) is 18.2 Å². The number of carboxylic acid groups (broad SMARTS) is 1. The van der Waals surface area contributed by atoms with Gasteiger partial charge in [0.1, 0.15) is 6.04 Å². The van der Waals surface area contributed by atoms with Crippen molar-refractivity contribution in [2.24, 2.45) is 0 Å². The second kappa shape index (κ2) is 6.96. The molecule has 19 heavy (non-hydrogen) atoms. The summed E-state index contributed by atoms with van der Waals surface area (Å²) in [7, 11) is 0. The van der Waals surface area contributed by atoms with Gasteiger partial charge >= 0.3 is 12.0 Å². The molecule has 0 aromatic heterocycles. The monoisotopic (exact) mass is 286 g/mol. The number of carboxylic acids is 1. The number of urea groups is 1. The van der Waals surface area contributed by atoms with Crippen LogP contribution >= 0.6 is 11.6 Å². The quantitative estimate of drug-likeness (QED) is 0.661. The molecule has 4 N–H and O–H groups in total. The Morgan fingerprint density at radius 3 is 2.68 bits per heavy atom. The molecular formula is C12H15ClN2O4. The van der Waals surface area contributed by atoms with Gasteiger partial charge in [0.2, 0.25) is 0 Å². The highest BCUT2D eigenvalue weighted by molar-refractivity contribution is 6.31. The van der Waals surface area contributed by atoms with Gasteiger partial charge in [-0.1, -0.05) is 17.7 Å². The van der Waals surface area contributed by atoms with E-state index in [0.29, 0.717) is 16.3 Å². The van der Waals surface area contributed by atoms with E-state index in [1.165, 1.54) is 0 Å². The van der Waals surface area contributed by atoms with Gasteiger partial charge in [0.05, 0.1) is 0 Å². The minimum absolute atomic E-state index is 0.0583. The minimum Gasteiger partial charge on any atom is -0.480 e. The molecule has 0 heterocycles. The van der Waals surface area contributed by atoms with Gasteiger partial charge in [0.25, 0.3) is 0 Å². The first-order chi connectivity index (χ1) is 8.95. The van der Waals surface area contributed by atoms with Crippen LogP contribution in [0.4, 0.5) is 10.5 Å². The maximum atomic E-state index is 11.7. The molecule has 6 nitrogen and oxygen atoms in total. The second-order valence-corrected chi connectivity index (χ2v) is 4.32. The fourth-order valence-corrected chi connectivity index (χ4v) is 1.62. The van der Waals surface area contributed by atoms with Crippen LogP contribution in [0.2, 0.25) is 5.02 Å². The molecule has 0 saturated heterocycles. The first-order valence-electron chi connectivity index (χ1n) is 5.62. The summed E-state index contributed by atoms with van der Waals surface area (Å²) in [5, 5.41) is 22.8. The maximum Gasteiger partial charge on any atom is 0.326 e. The van der Waals surface area contributed by atoms with Crippen LogP contribution in [-0.4, -0.2) is 34.9 Å². The Morgan fingerprint density at radius 2 is 2.11 bits per heavy atom. The zero-order chi connectivity index (χ0) is 14.4. The number of aliphatic hydroxyl groups excluding tert-OH is 1. The maximum absolute atomic E-state index is 11.7. The Balaban J connectivity index is 2.69. The summed E-state index contributed by atoms with van der Waals surface area (Å²) >= 11 is 5.90. The highest BCUT2D eigenvalue weighted by Gasteiger charge is 2.19. The Morgan fingerprint density at radius 1 is 1.42 bits per heavy atom. The summed E-state index contributed by atoms with van der Waals surface area (Å²) in [6.45, 7) is 1.41. The lowest BCUT2D eigenvalue weighted by Gasteiger charge is -2.15. The number of hydrogen-bond acceptors (Lipinski definition) is 3. The number of aliphatic hydroxyl groups is 1. The minimum atomic E-state index is -1.20. The van der Waals surface area contributed by atoms with Gasteiger partial charge < -0.3 is 20.8 Å². The molecule has 0 radical (unpaired) electrons. The highest BCUT2D eigenvalue weighted by atomic mass is 35.5. The van der Waals surface area contributed by atoms with E-state index in [1.807, 2.05) is 0 Å². The van der Waals surface area contributed by atoms with Gasteiger partial charge in [0.15, 0.2) is 0 Å². The van der Waals surface area contributed by atoms with Crippen LogP contribution in [0, 0.1) is 6.92 Å². The summed E-state index contributed by atoms with van der Waals surface area (Å²) in [6, 6.07) is 3.22. The smallest absolute Gasteiger partial charge is 0.326 e. The van der Waals surface area contributed by atoms with Gasteiger partial charge in [0, 0.05) is 23.7 Å². The number of benzene rings is 1. The molecule has 2 amide bonds. The summed E-state index contributed by atoms with van der Waals surface area (Å²) < 4.78 is 0. The average molecular weight is 287 g/mol. The van der Waals surface area contributed by atoms with E-state index < -0.39 is 18.0 Å². The molecule has 0 saturated carbocycles. The predicted octanol–water partition coefficient (Wildman–Crippen LogP) is 1.61. The van der Waals surface area contributed by atoms with Crippen molar-refractivity contribution in [1.82, 2.24) is 5.32 Å². The molecule has 1 aromatic rings. The molecule has 0 spiro atoms. The van der Waals surface area contributed by atoms with Crippen molar-refractivity contribution in [2.45, 2.75) is 19.4 Å². The van der Waals surface area contributed by atoms with E-state index in [4.69, 9.17) is 21.8 Å². The number of anilines is 1. The molecule has 0 aliphatic heterocycles. The highest BCUT2D eigenvalue weighted by Crippen LogP contribution is 2.22. The first-order valence-corrected chi connectivity index (χ1v) is 5.99. The standard InChI is InChI=1S/C12H15ClN2O4/c1-7-8(13)3-2-4-9(7)14-12(19)15-10(5-6-16)11(17)18/h2-4,10,16H,5-6H2,1H3,(H,17,18)(H2,14,15,19). The summed E-state index contributed by atoms with van der Waals surface area (Å²) in [4.78, 5) is 22.5. The van der Waals surface area contributed by atoms with Crippen molar-refractivity contribution in [3.05, 3.63) is 28.8 Å². The fraction of sp³-hybridized carbons (Fsp3) is 0.333.